The van der Waals surface area contributed by atoms with Crippen molar-refractivity contribution in [1.29, 1.82) is 0 Å². The quantitative estimate of drug-likeness (QED) is 0.377. The van der Waals surface area contributed by atoms with Crippen LogP contribution in [0.3, 0.4) is 0 Å². The Kier molecular flexibility index (Phi) is 8.93. The van der Waals surface area contributed by atoms with Gasteiger partial charge in [0, 0.05) is 30.3 Å². The smallest absolute Gasteiger partial charge is 0.254 e. The molecule has 1 heterocycles. The van der Waals surface area contributed by atoms with Crippen LogP contribution in [0.4, 0.5) is 0 Å². The van der Waals surface area contributed by atoms with Gasteiger partial charge >= 0.3 is 0 Å². The average molecular weight is 520 g/mol. The van der Waals surface area contributed by atoms with Crippen LogP contribution in [0.2, 0.25) is 5.02 Å². The van der Waals surface area contributed by atoms with E-state index in [9.17, 15) is 13.2 Å². The van der Waals surface area contributed by atoms with Crippen molar-refractivity contribution in [3.8, 4) is 5.75 Å². The molecule has 0 fully saturated rings. The van der Waals surface area contributed by atoms with Crippen LogP contribution in [0.1, 0.15) is 35.5 Å². The molecule has 0 aliphatic heterocycles. The van der Waals surface area contributed by atoms with Gasteiger partial charge in [0.1, 0.15) is 5.75 Å². The molecule has 2 aromatic carbocycles. The SMILES string of the molecule is COCCn1c(CN(C(=O)c2ccc(OC)cc2)C(C)C)cnc1S(=O)(=O)Cc1ccccc1Cl. The Morgan fingerprint density at radius 1 is 1.11 bits per heavy atom. The van der Waals surface area contributed by atoms with Crippen molar-refractivity contribution in [2.45, 2.75) is 43.9 Å². The zero-order valence-electron chi connectivity index (χ0n) is 20.3. The second-order valence-electron chi connectivity index (χ2n) is 8.28. The van der Waals surface area contributed by atoms with Crippen molar-refractivity contribution in [3.05, 3.63) is 76.6 Å². The first-order chi connectivity index (χ1) is 16.7. The average Bonchev–Trinajstić information content (AvgIpc) is 3.25. The molecule has 3 rings (SSSR count). The van der Waals surface area contributed by atoms with Gasteiger partial charge in [-0.3, -0.25) is 4.79 Å². The van der Waals surface area contributed by atoms with Crippen LogP contribution in [-0.4, -0.2) is 55.6 Å². The number of carbonyl (C=O) groups excluding carboxylic acids is 1. The van der Waals surface area contributed by atoms with Crippen LogP contribution >= 0.6 is 11.6 Å². The molecule has 0 saturated heterocycles. The van der Waals surface area contributed by atoms with Gasteiger partial charge in [0.05, 0.1) is 37.9 Å². The first-order valence-corrected chi connectivity index (χ1v) is 13.2. The van der Waals surface area contributed by atoms with Gasteiger partial charge in [0.15, 0.2) is 0 Å². The van der Waals surface area contributed by atoms with Gasteiger partial charge in [-0.1, -0.05) is 29.8 Å². The number of sulfone groups is 1. The Morgan fingerprint density at radius 3 is 2.40 bits per heavy atom. The third-order valence-electron chi connectivity index (χ3n) is 5.56. The highest BCUT2D eigenvalue weighted by Gasteiger charge is 2.27. The predicted octanol–water partition coefficient (Wildman–Crippen LogP) is 4.22. The maximum atomic E-state index is 13.3. The Morgan fingerprint density at radius 2 is 1.80 bits per heavy atom. The summed E-state index contributed by atoms with van der Waals surface area (Å²) in [4.78, 5) is 19.2. The minimum Gasteiger partial charge on any atom is -0.497 e. The highest BCUT2D eigenvalue weighted by atomic mass is 35.5. The van der Waals surface area contributed by atoms with Crippen molar-refractivity contribution in [1.82, 2.24) is 14.5 Å². The molecule has 3 aromatic rings. The maximum absolute atomic E-state index is 13.3. The van der Waals surface area contributed by atoms with E-state index in [1.54, 1.807) is 72.2 Å². The molecule has 8 nitrogen and oxygen atoms in total. The number of hydrogen-bond acceptors (Lipinski definition) is 6. The molecule has 0 bridgehead atoms. The summed E-state index contributed by atoms with van der Waals surface area (Å²) < 4.78 is 38.6. The second kappa shape index (κ2) is 11.7. The summed E-state index contributed by atoms with van der Waals surface area (Å²) in [6, 6.07) is 13.6. The Labute approximate surface area is 211 Å². The van der Waals surface area contributed by atoms with Crippen LogP contribution in [0.15, 0.2) is 59.9 Å². The van der Waals surface area contributed by atoms with E-state index in [4.69, 9.17) is 21.1 Å². The van der Waals surface area contributed by atoms with Gasteiger partial charge < -0.3 is 18.9 Å². The topological polar surface area (TPSA) is 90.7 Å². The van der Waals surface area contributed by atoms with Crippen LogP contribution in [0.25, 0.3) is 0 Å². The van der Waals surface area contributed by atoms with E-state index < -0.39 is 9.84 Å². The summed E-state index contributed by atoms with van der Waals surface area (Å²) >= 11 is 6.20. The van der Waals surface area contributed by atoms with Crippen LogP contribution in [0.5, 0.6) is 5.75 Å². The number of amides is 1. The number of nitrogens with zero attached hydrogens (tertiary/aromatic N) is 3. The Bertz CT molecular complexity index is 1260. The minimum atomic E-state index is -3.82. The summed E-state index contributed by atoms with van der Waals surface area (Å²) in [7, 11) is -0.709. The zero-order valence-corrected chi connectivity index (χ0v) is 21.8. The number of rotatable bonds is 11. The number of benzene rings is 2. The van der Waals surface area contributed by atoms with Gasteiger partial charge in [-0.05, 0) is 49.7 Å². The molecule has 188 valence electrons. The first-order valence-electron chi connectivity index (χ1n) is 11.1. The van der Waals surface area contributed by atoms with E-state index in [-0.39, 0.29) is 42.6 Å². The number of carbonyl (C=O) groups is 1. The molecule has 0 aliphatic rings. The van der Waals surface area contributed by atoms with Gasteiger partial charge in [-0.25, -0.2) is 13.4 Å². The number of hydrogen-bond donors (Lipinski definition) is 0. The van der Waals surface area contributed by atoms with Gasteiger partial charge in [0.2, 0.25) is 15.0 Å². The lowest BCUT2D eigenvalue weighted by molar-refractivity contribution is 0.0684. The van der Waals surface area contributed by atoms with E-state index in [2.05, 4.69) is 4.98 Å². The van der Waals surface area contributed by atoms with E-state index in [0.717, 1.165) is 0 Å². The number of aromatic nitrogens is 2. The van der Waals surface area contributed by atoms with E-state index in [0.29, 0.717) is 27.6 Å². The number of ether oxygens (including phenoxy) is 2. The third kappa shape index (κ3) is 6.42. The fraction of sp³-hybridized carbons (Fsp3) is 0.360. The molecular formula is C25H30ClN3O5S. The largest absolute Gasteiger partial charge is 0.497 e. The molecule has 0 atom stereocenters. The van der Waals surface area contributed by atoms with Crippen LogP contribution < -0.4 is 4.74 Å². The summed E-state index contributed by atoms with van der Waals surface area (Å²) in [5.41, 5.74) is 1.60. The van der Waals surface area contributed by atoms with Crippen LogP contribution in [-0.2, 0) is 33.4 Å². The molecule has 0 saturated carbocycles. The van der Waals surface area contributed by atoms with Gasteiger partial charge in [-0.15, -0.1) is 0 Å². The van der Waals surface area contributed by atoms with Crippen molar-refractivity contribution >= 4 is 27.3 Å². The normalized spacial score (nSPS) is 11.6. The molecule has 0 aliphatic carbocycles. The molecule has 0 spiro atoms. The molecular weight excluding hydrogens is 490 g/mol. The Hall–Kier alpha value is -2.88. The predicted molar refractivity (Wildman–Crippen MR) is 134 cm³/mol. The third-order valence-corrected chi connectivity index (χ3v) is 7.50. The monoisotopic (exact) mass is 519 g/mol. The van der Waals surface area contributed by atoms with Gasteiger partial charge in [0.25, 0.3) is 5.91 Å². The summed E-state index contributed by atoms with van der Waals surface area (Å²) in [5.74, 6) is 0.195. The molecule has 0 unspecified atom stereocenters. The Balaban J connectivity index is 1.94. The maximum Gasteiger partial charge on any atom is 0.254 e. The minimum absolute atomic E-state index is 0.0786. The number of methoxy groups -OCH3 is 2. The molecule has 0 radical (unpaired) electrons. The lowest BCUT2D eigenvalue weighted by atomic mass is 10.1. The van der Waals surface area contributed by atoms with Gasteiger partial charge in [-0.2, -0.15) is 0 Å². The highest BCUT2D eigenvalue weighted by Crippen LogP contribution is 2.24. The van der Waals surface area contributed by atoms with Crippen molar-refractivity contribution < 1.29 is 22.7 Å². The van der Waals surface area contributed by atoms with Crippen molar-refractivity contribution in [3.63, 3.8) is 0 Å². The lowest BCUT2D eigenvalue weighted by Crippen LogP contribution is -2.37. The lowest BCUT2D eigenvalue weighted by Gasteiger charge is -2.27. The number of imidazole rings is 1. The molecule has 0 N–H and O–H groups in total. The van der Waals surface area contributed by atoms with E-state index >= 15 is 0 Å². The zero-order chi connectivity index (χ0) is 25.6. The molecule has 10 heteroatoms. The fourth-order valence-electron chi connectivity index (χ4n) is 3.64. The fourth-order valence-corrected chi connectivity index (χ4v) is 5.47. The molecule has 1 amide bonds. The second-order valence-corrected chi connectivity index (χ2v) is 10.6. The van der Waals surface area contributed by atoms with E-state index in [1.165, 1.54) is 6.20 Å². The summed E-state index contributed by atoms with van der Waals surface area (Å²) in [6.45, 7) is 4.55. The summed E-state index contributed by atoms with van der Waals surface area (Å²) in [5, 5.41) is 0.299. The molecule has 35 heavy (non-hydrogen) atoms. The first kappa shape index (κ1) is 26.7. The van der Waals surface area contributed by atoms with Crippen molar-refractivity contribution in [2.24, 2.45) is 0 Å². The van der Waals surface area contributed by atoms with Crippen LogP contribution in [0, 0.1) is 0 Å². The highest BCUT2D eigenvalue weighted by molar-refractivity contribution is 7.90. The number of halogens is 1. The van der Waals surface area contributed by atoms with Crippen molar-refractivity contribution in [2.75, 3.05) is 20.8 Å². The standard InChI is InChI=1S/C25H30ClN3O5S/c1-18(2)29(24(30)19-9-11-22(34-4)12-10-19)16-21-15-27-25(28(21)13-14-33-3)35(31,32)17-20-7-5-6-8-23(20)26/h5-12,15,18H,13-14,16-17H2,1-4H3. The summed E-state index contributed by atoms with van der Waals surface area (Å²) in [6.07, 6.45) is 1.51. The molecule has 1 aromatic heterocycles. The van der Waals surface area contributed by atoms with E-state index in [1.807, 2.05) is 13.8 Å².